The molecule has 0 aliphatic rings. The number of ether oxygens (including phenoxy) is 1. The van der Waals surface area contributed by atoms with Crippen LogP contribution in [-0.4, -0.2) is 19.6 Å². The van der Waals surface area contributed by atoms with E-state index in [1.165, 1.54) is 0 Å². The Bertz CT molecular complexity index is 424. The van der Waals surface area contributed by atoms with E-state index < -0.39 is 0 Å². The van der Waals surface area contributed by atoms with Gasteiger partial charge in [0.25, 0.3) is 0 Å². The lowest BCUT2D eigenvalue weighted by Gasteiger charge is -2.12. The van der Waals surface area contributed by atoms with Gasteiger partial charge in [-0.3, -0.25) is 4.79 Å². The molecule has 3 heteroatoms. The molecule has 1 aromatic rings. The summed E-state index contributed by atoms with van der Waals surface area (Å²) in [5.74, 6) is 0.871. The third-order valence-electron chi connectivity index (χ3n) is 2.86. The van der Waals surface area contributed by atoms with Gasteiger partial charge in [0.2, 0.25) is 5.91 Å². The van der Waals surface area contributed by atoms with Gasteiger partial charge < -0.3 is 10.1 Å². The molecule has 0 aromatic heterocycles. The van der Waals surface area contributed by atoms with Gasteiger partial charge in [-0.2, -0.15) is 0 Å². The zero-order valence-electron chi connectivity index (χ0n) is 10.7. The van der Waals surface area contributed by atoms with Crippen molar-refractivity contribution in [2.45, 2.75) is 20.3 Å². The summed E-state index contributed by atoms with van der Waals surface area (Å²) in [5.41, 5.74) is 3.23. The molecule has 0 fully saturated rings. The van der Waals surface area contributed by atoms with Crippen LogP contribution in [0.2, 0.25) is 0 Å². The number of hydrogen-bond donors (Lipinski definition) is 1. The number of nitrogens with one attached hydrogen (secondary N) is 1. The number of methoxy groups -OCH3 is 1. The summed E-state index contributed by atoms with van der Waals surface area (Å²) in [5, 5.41) is 2.77. The molecule has 0 bridgehead atoms. The first-order valence-electron chi connectivity index (χ1n) is 5.60. The average molecular weight is 233 g/mol. The molecule has 0 saturated carbocycles. The highest BCUT2D eigenvalue weighted by Gasteiger charge is 2.09. The molecule has 17 heavy (non-hydrogen) atoms. The average Bonchev–Trinajstić information content (AvgIpc) is 2.33. The van der Waals surface area contributed by atoms with E-state index in [1.807, 2.05) is 26.0 Å². The van der Waals surface area contributed by atoms with E-state index in [2.05, 4.69) is 11.9 Å². The number of amides is 1. The van der Waals surface area contributed by atoms with Gasteiger partial charge in [-0.1, -0.05) is 12.1 Å². The Balaban J connectivity index is 2.82. The molecule has 1 N–H and O–H groups in total. The van der Waals surface area contributed by atoms with Crippen molar-refractivity contribution < 1.29 is 9.53 Å². The lowest BCUT2D eigenvalue weighted by molar-refractivity contribution is -0.120. The molecule has 0 saturated heterocycles. The lowest BCUT2D eigenvalue weighted by Crippen LogP contribution is -2.25. The second-order valence-corrected chi connectivity index (χ2v) is 3.95. The topological polar surface area (TPSA) is 38.3 Å². The van der Waals surface area contributed by atoms with Crippen molar-refractivity contribution in [1.82, 2.24) is 5.32 Å². The van der Waals surface area contributed by atoms with Crippen LogP contribution in [0.25, 0.3) is 0 Å². The van der Waals surface area contributed by atoms with Gasteiger partial charge in [-0.05, 0) is 36.6 Å². The molecule has 0 aliphatic heterocycles. The van der Waals surface area contributed by atoms with Gasteiger partial charge in [0.1, 0.15) is 5.75 Å². The molecule has 0 unspecified atom stereocenters. The van der Waals surface area contributed by atoms with Gasteiger partial charge in [0, 0.05) is 6.54 Å². The summed E-state index contributed by atoms with van der Waals surface area (Å²) in [6, 6.07) is 3.84. The van der Waals surface area contributed by atoms with Crippen molar-refractivity contribution in [1.29, 1.82) is 0 Å². The second-order valence-electron chi connectivity index (χ2n) is 3.95. The number of benzene rings is 1. The molecule has 0 aliphatic carbocycles. The Labute approximate surface area is 102 Å². The Morgan fingerprint density at radius 3 is 2.71 bits per heavy atom. The van der Waals surface area contributed by atoms with Gasteiger partial charge in [-0.25, -0.2) is 0 Å². The second kappa shape index (κ2) is 6.09. The van der Waals surface area contributed by atoms with Crippen molar-refractivity contribution in [3.05, 3.63) is 41.5 Å². The Hall–Kier alpha value is -1.77. The summed E-state index contributed by atoms with van der Waals surface area (Å²) < 4.78 is 5.24. The van der Waals surface area contributed by atoms with Crippen molar-refractivity contribution in [2.24, 2.45) is 0 Å². The molecule has 1 amide bonds. The highest BCUT2D eigenvalue weighted by molar-refractivity contribution is 5.79. The van der Waals surface area contributed by atoms with Gasteiger partial charge in [0.05, 0.1) is 13.5 Å². The van der Waals surface area contributed by atoms with Crippen LogP contribution in [0.4, 0.5) is 0 Å². The first kappa shape index (κ1) is 13.3. The summed E-state index contributed by atoms with van der Waals surface area (Å²) in [7, 11) is 1.65. The highest BCUT2D eigenvalue weighted by atomic mass is 16.5. The molecule has 0 atom stereocenters. The predicted molar refractivity (Wildman–Crippen MR) is 69.4 cm³/mol. The molecule has 0 radical (unpaired) electrons. The minimum Gasteiger partial charge on any atom is -0.496 e. The quantitative estimate of drug-likeness (QED) is 0.791. The monoisotopic (exact) mass is 233 g/mol. The maximum atomic E-state index is 11.6. The Morgan fingerprint density at radius 2 is 2.12 bits per heavy atom. The van der Waals surface area contributed by atoms with Crippen molar-refractivity contribution in [2.75, 3.05) is 13.7 Å². The van der Waals surface area contributed by atoms with Gasteiger partial charge in [0.15, 0.2) is 0 Å². The number of rotatable bonds is 5. The fourth-order valence-electron chi connectivity index (χ4n) is 1.69. The number of carbonyl (C=O) groups excluding carboxylic acids is 1. The summed E-state index contributed by atoms with van der Waals surface area (Å²) in [4.78, 5) is 11.6. The maximum absolute atomic E-state index is 11.6. The molecule has 1 aromatic carbocycles. The largest absolute Gasteiger partial charge is 0.496 e. The van der Waals surface area contributed by atoms with Crippen molar-refractivity contribution in [3.63, 3.8) is 0 Å². The Kier molecular flexibility index (Phi) is 4.76. The standard InChI is InChI=1S/C14H19NO2/c1-5-8-15-14(16)9-12-6-7-13(17-4)11(3)10(12)2/h5-7H,1,8-9H2,2-4H3,(H,15,16). The van der Waals surface area contributed by atoms with E-state index in [0.717, 1.165) is 22.4 Å². The van der Waals surface area contributed by atoms with E-state index in [-0.39, 0.29) is 5.91 Å². The predicted octanol–water partition coefficient (Wildman–Crippen LogP) is 2.16. The molecule has 3 nitrogen and oxygen atoms in total. The van der Waals surface area contributed by atoms with E-state index in [9.17, 15) is 4.79 Å². The molecule has 0 heterocycles. The Morgan fingerprint density at radius 1 is 1.41 bits per heavy atom. The minimum absolute atomic E-state index is 0.0116. The minimum atomic E-state index is 0.0116. The van der Waals surface area contributed by atoms with E-state index >= 15 is 0 Å². The highest BCUT2D eigenvalue weighted by Crippen LogP contribution is 2.24. The SMILES string of the molecule is C=CCNC(=O)Cc1ccc(OC)c(C)c1C. The molecule has 1 rings (SSSR count). The van der Waals surface area contributed by atoms with E-state index in [4.69, 9.17) is 4.74 Å². The zero-order valence-corrected chi connectivity index (χ0v) is 10.7. The first-order chi connectivity index (χ1) is 8.10. The van der Waals surface area contributed by atoms with Crippen molar-refractivity contribution in [3.8, 4) is 5.75 Å². The maximum Gasteiger partial charge on any atom is 0.224 e. The van der Waals surface area contributed by atoms with Crippen LogP contribution in [0.3, 0.4) is 0 Å². The van der Waals surface area contributed by atoms with Crippen LogP contribution in [0.15, 0.2) is 24.8 Å². The van der Waals surface area contributed by atoms with Gasteiger partial charge >= 0.3 is 0 Å². The van der Waals surface area contributed by atoms with E-state index in [0.29, 0.717) is 13.0 Å². The van der Waals surface area contributed by atoms with Crippen LogP contribution in [0.1, 0.15) is 16.7 Å². The lowest BCUT2D eigenvalue weighted by atomic mass is 10.00. The van der Waals surface area contributed by atoms with Crippen LogP contribution in [0.5, 0.6) is 5.75 Å². The summed E-state index contributed by atoms with van der Waals surface area (Å²) in [6.07, 6.45) is 2.06. The third kappa shape index (κ3) is 3.34. The summed E-state index contributed by atoms with van der Waals surface area (Å²) >= 11 is 0. The smallest absolute Gasteiger partial charge is 0.224 e. The number of hydrogen-bond acceptors (Lipinski definition) is 2. The zero-order chi connectivity index (χ0) is 12.8. The van der Waals surface area contributed by atoms with Crippen LogP contribution < -0.4 is 10.1 Å². The fraction of sp³-hybridized carbons (Fsp3) is 0.357. The molecular formula is C14H19NO2. The molecule has 0 spiro atoms. The normalized spacial score (nSPS) is 9.82. The van der Waals surface area contributed by atoms with Gasteiger partial charge in [-0.15, -0.1) is 6.58 Å². The fourth-order valence-corrected chi connectivity index (χ4v) is 1.69. The first-order valence-corrected chi connectivity index (χ1v) is 5.60. The van der Waals surface area contributed by atoms with Crippen LogP contribution in [0, 0.1) is 13.8 Å². The summed E-state index contributed by atoms with van der Waals surface area (Å²) in [6.45, 7) is 8.08. The third-order valence-corrected chi connectivity index (χ3v) is 2.86. The van der Waals surface area contributed by atoms with Crippen LogP contribution >= 0.6 is 0 Å². The van der Waals surface area contributed by atoms with Crippen molar-refractivity contribution >= 4 is 5.91 Å². The molecular weight excluding hydrogens is 214 g/mol. The van der Waals surface area contributed by atoms with Crippen LogP contribution in [-0.2, 0) is 11.2 Å². The number of carbonyl (C=O) groups is 1. The van der Waals surface area contributed by atoms with E-state index in [1.54, 1.807) is 13.2 Å². The molecule has 92 valence electrons.